The van der Waals surface area contributed by atoms with Gasteiger partial charge in [-0.05, 0) is 0 Å². The first kappa shape index (κ1) is 9.04. The van der Waals surface area contributed by atoms with Crippen LogP contribution in [0.1, 0.15) is 0 Å². The highest BCUT2D eigenvalue weighted by atomic mass is 32.4. The molecule has 2 unspecified atom stereocenters. The molecule has 0 amide bonds. The van der Waals surface area contributed by atoms with Crippen LogP contribution in [-0.4, -0.2) is 25.7 Å². The minimum atomic E-state index is -0.100. The van der Waals surface area contributed by atoms with E-state index < -0.39 is 0 Å². The van der Waals surface area contributed by atoms with Crippen LogP contribution >= 0.6 is 13.4 Å². The standard InChI is InChI=1S/C4H10P2S2/c1-5(7)3-4-6(2)8/h3-4H2,1-2H3/q+2. The van der Waals surface area contributed by atoms with Crippen LogP contribution in [0, 0.1) is 0 Å². The van der Waals surface area contributed by atoms with Crippen molar-refractivity contribution in [3.63, 3.8) is 0 Å². The molecule has 0 heterocycles. The molecule has 0 saturated heterocycles. The molecule has 0 saturated carbocycles. The largest absolute Gasteiger partial charge is 0.176 e. The van der Waals surface area contributed by atoms with Gasteiger partial charge in [-0.15, -0.1) is 0 Å². The third-order valence-corrected chi connectivity index (χ3v) is 3.88. The van der Waals surface area contributed by atoms with Crippen molar-refractivity contribution in [1.82, 2.24) is 0 Å². The van der Waals surface area contributed by atoms with E-state index in [1.165, 1.54) is 12.3 Å². The van der Waals surface area contributed by atoms with Crippen molar-refractivity contribution in [2.75, 3.05) is 25.7 Å². The van der Waals surface area contributed by atoms with Crippen LogP contribution in [0.5, 0.6) is 0 Å². The molecule has 2 atom stereocenters. The molecule has 0 radical (unpaired) electrons. The maximum absolute atomic E-state index is 5.03. The van der Waals surface area contributed by atoms with E-state index in [-0.39, 0.29) is 13.4 Å². The summed E-state index contributed by atoms with van der Waals surface area (Å²) in [5.41, 5.74) is 0. The van der Waals surface area contributed by atoms with Crippen molar-refractivity contribution in [2.24, 2.45) is 0 Å². The van der Waals surface area contributed by atoms with E-state index >= 15 is 0 Å². The summed E-state index contributed by atoms with van der Waals surface area (Å²) in [6, 6.07) is 0. The molecule has 0 N–H and O–H groups in total. The molecule has 0 rings (SSSR count). The van der Waals surface area contributed by atoms with E-state index in [2.05, 4.69) is 13.3 Å². The van der Waals surface area contributed by atoms with Gasteiger partial charge in [-0.25, -0.2) is 0 Å². The second-order valence-corrected chi connectivity index (χ2v) is 8.85. The van der Waals surface area contributed by atoms with E-state index in [0.29, 0.717) is 0 Å². The molecular formula is C4H10P2S2+2. The summed E-state index contributed by atoms with van der Waals surface area (Å²) in [5, 5.41) is 0. The van der Waals surface area contributed by atoms with E-state index in [4.69, 9.17) is 23.6 Å². The first-order valence-corrected chi connectivity index (χ1v) is 8.37. The van der Waals surface area contributed by atoms with E-state index in [9.17, 15) is 0 Å². The number of hydrogen-bond donors (Lipinski definition) is 0. The lowest BCUT2D eigenvalue weighted by atomic mass is 11.0. The van der Waals surface area contributed by atoms with Gasteiger partial charge < -0.3 is 0 Å². The summed E-state index contributed by atoms with van der Waals surface area (Å²) in [6.07, 6.45) is 2.38. The third kappa shape index (κ3) is 7.04. The van der Waals surface area contributed by atoms with Crippen molar-refractivity contribution < 1.29 is 0 Å². The van der Waals surface area contributed by atoms with Gasteiger partial charge in [-0.1, -0.05) is 0 Å². The molecule has 46 valence electrons. The van der Waals surface area contributed by atoms with Crippen LogP contribution in [0.15, 0.2) is 0 Å². The number of rotatable bonds is 3. The van der Waals surface area contributed by atoms with Crippen LogP contribution in [-0.2, 0) is 23.6 Å². The van der Waals surface area contributed by atoms with Gasteiger partial charge in [0.25, 0.3) is 0 Å². The van der Waals surface area contributed by atoms with Gasteiger partial charge >= 0.3 is 0 Å². The van der Waals surface area contributed by atoms with Crippen molar-refractivity contribution in [2.45, 2.75) is 0 Å². The Bertz CT molecular complexity index is 96.6. The predicted molar refractivity (Wildman–Crippen MR) is 50.2 cm³/mol. The Labute approximate surface area is 62.9 Å². The van der Waals surface area contributed by atoms with Gasteiger partial charge in [0.15, 0.2) is 49.3 Å². The number of hydrogen-bond acceptors (Lipinski definition) is 2. The van der Waals surface area contributed by atoms with Crippen LogP contribution in [0.2, 0.25) is 0 Å². The lowest BCUT2D eigenvalue weighted by Gasteiger charge is -1.74. The average molecular weight is 184 g/mol. The normalized spacial score (nSPS) is 13.2. The molecule has 0 aliphatic rings. The van der Waals surface area contributed by atoms with E-state index in [1.54, 1.807) is 0 Å². The maximum Gasteiger partial charge on any atom is 0.176 e. The quantitative estimate of drug-likeness (QED) is 0.616. The van der Waals surface area contributed by atoms with Crippen molar-refractivity contribution in [3.05, 3.63) is 0 Å². The Hall–Kier alpha value is 1.04. The second-order valence-electron chi connectivity index (χ2n) is 1.70. The minimum Gasteiger partial charge on any atom is 0.108 e. The maximum atomic E-state index is 5.03. The summed E-state index contributed by atoms with van der Waals surface area (Å²) in [4.78, 5) is 0. The van der Waals surface area contributed by atoms with Crippen LogP contribution in [0.3, 0.4) is 0 Å². The summed E-state index contributed by atoms with van der Waals surface area (Å²) in [5.74, 6) is 0. The molecule has 0 fully saturated rings. The van der Waals surface area contributed by atoms with Crippen LogP contribution in [0.25, 0.3) is 0 Å². The molecule has 8 heavy (non-hydrogen) atoms. The Balaban J connectivity index is 3.18. The average Bonchev–Trinajstić information content (AvgIpc) is 1.61. The van der Waals surface area contributed by atoms with Crippen LogP contribution in [0.4, 0.5) is 0 Å². The van der Waals surface area contributed by atoms with Crippen molar-refractivity contribution in [1.29, 1.82) is 0 Å². The van der Waals surface area contributed by atoms with Gasteiger partial charge in [0, 0.05) is 0 Å². The van der Waals surface area contributed by atoms with Gasteiger partial charge in [0.05, 0.1) is 0 Å². The zero-order chi connectivity index (χ0) is 6.57. The van der Waals surface area contributed by atoms with Crippen LogP contribution < -0.4 is 0 Å². The molecule has 0 aromatic rings. The Morgan fingerprint density at radius 3 is 1.38 bits per heavy atom. The Morgan fingerprint density at radius 2 is 1.25 bits per heavy atom. The summed E-state index contributed by atoms with van der Waals surface area (Å²) < 4.78 is 0. The monoisotopic (exact) mass is 184 g/mol. The van der Waals surface area contributed by atoms with Gasteiger partial charge in [0.2, 0.25) is 0 Å². The molecule has 4 heteroatoms. The third-order valence-electron chi connectivity index (χ3n) is 0.730. The Morgan fingerprint density at radius 1 is 1.00 bits per heavy atom. The smallest absolute Gasteiger partial charge is 0.108 e. The molecule has 0 aliphatic heterocycles. The molecule has 0 spiro atoms. The molecule has 0 aliphatic carbocycles. The zero-order valence-electron chi connectivity index (χ0n) is 5.13. The fraction of sp³-hybridized carbons (Fsp3) is 1.00. The lowest BCUT2D eigenvalue weighted by molar-refractivity contribution is 1.53. The SMILES string of the molecule is C[P+](=S)CC[P+](C)=S. The molecular weight excluding hydrogens is 174 g/mol. The Kier molecular flexibility index (Phi) is 5.51. The molecule has 0 nitrogen and oxygen atoms in total. The first-order valence-electron chi connectivity index (χ1n) is 2.39. The van der Waals surface area contributed by atoms with E-state index in [0.717, 1.165) is 0 Å². The first-order chi connectivity index (χ1) is 3.63. The fourth-order valence-corrected chi connectivity index (χ4v) is 4.00. The summed E-state index contributed by atoms with van der Waals surface area (Å²) >= 11 is 10.1. The summed E-state index contributed by atoms with van der Waals surface area (Å²) in [7, 11) is 0. The van der Waals surface area contributed by atoms with Gasteiger partial charge in [-0.2, -0.15) is 0 Å². The fourth-order valence-electron chi connectivity index (χ4n) is 0.282. The van der Waals surface area contributed by atoms with E-state index in [1.807, 2.05) is 0 Å². The highest BCUT2D eigenvalue weighted by molar-refractivity contribution is 8.06. The highest BCUT2D eigenvalue weighted by Gasteiger charge is 2.06. The van der Waals surface area contributed by atoms with Crippen molar-refractivity contribution in [3.8, 4) is 0 Å². The minimum absolute atomic E-state index is 0.100. The zero-order valence-corrected chi connectivity index (χ0v) is 8.55. The second kappa shape index (κ2) is 4.88. The molecule has 0 aromatic carbocycles. The molecule has 0 bridgehead atoms. The van der Waals surface area contributed by atoms with Crippen molar-refractivity contribution >= 4 is 37.0 Å². The highest BCUT2D eigenvalue weighted by Crippen LogP contribution is 2.21. The lowest BCUT2D eigenvalue weighted by Crippen LogP contribution is -1.78. The predicted octanol–water partition coefficient (Wildman–Crippen LogP) is 2.13. The topological polar surface area (TPSA) is 0 Å². The summed E-state index contributed by atoms with van der Waals surface area (Å²) in [6.45, 7) is 4.05. The van der Waals surface area contributed by atoms with Gasteiger partial charge in [-0.3, -0.25) is 0 Å². The van der Waals surface area contributed by atoms with Gasteiger partial charge in [0.1, 0.15) is 13.3 Å². The molecule has 0 aromatic heterocycles.